The van der Waals surface area contributed by atoms with E-state index in [4.69, 9.17) is 4.74 Å². The van der Waals surface area contributed by atoms with Crippen molar-refractivity contribution in [1.29, 1.82) is 0 Å². The summed E-state index contributed by atoms with van der Waals surface area (Å²) in [5, 5.41) is 10.7. The molecule has 1 aliphatic rings. The van der Waals surface area contributed by atoms with E-state index in [1.54, 1.807) is 0 Å². The molecule has 1 aromatic carbocycles. The normalized spacial score (nSPS) is 16.8. The number of carbonyl (C=O) groups is 1. The predicted octanol–water partition coefficient (Wildman–Crippen LogP) is 1.50. The first-order valence-corrected chi connectivity index (χ1v) is 6.74. The molecule has 1 aromatic heterocycles. The lowest BCUT2D eigenvalue weighted by atomic mass is 10.1. The van der Waals surface area contributed by atoms with Crippen LogP contribution in [0.2, 0.25) is 0 Å². The van der Waals surface area contributed by atoms with Crippen LogP contribution in [0.15, 0.2) is 35.7 Å². The third-order valence-corrected chi connectivity index (χ3v) is 3.14. The topological polar surface area (TPSA) is 92.3 Å². The summed E-state index contributed by atoms with van der Waals surface area (Å²) in [5.41, 5.74) is 5.25. The summed E-state index contributed by atoms with van der Waals surface area (Å²) in [6.07, 6.45) is 3.66. The van der Waals surface area contributed by atoms with Crippen molar-refractivity contribution in [3.8, 4) is 0 Å². The zero-order chi connectivity index (χ0) is 14.5. The largest absolute Gasteiger partial charge is 0.461 e. The summed E-state index contributed by atoms with van der Waals surface area (Å²) in [6, 6.07) is 7.77. The Hall–Kier alpha value is -2.70. The van der Waals surface area contributed by atoms with Gasteiger partial charge in [-0.3, -0.25) is 10.5 Å². The Morgan fingerprint density at radius 1 is 1.33 bits per heavy atom. The number of hydrazone groups is 1. The highest BCUT2D eigenvalue weighted by atomic mass is 16.5. The number of cyclic esters (lactones) is 1. The third-order valence-electron chi connectivity index (χ3n) is 3.14. The van der Waals surface area contributed by atoms with Crippen LogP contribution in [0.3, 0.4) is 0 Å². The number of nitrogens with one attached hydrogen (secondary N) is 2. The fourth-order valence-electron chi connectivity index (χ4n) is 2.03. The number of aromatic nitrogens is 3. The van der Waals surface area contributed by atoms with Gasteiger partial charge < -0.3 is 4.74 Å². The van der Waals surface area contributed by atoms with Gasteiger partial charge in [0.1, 0.15) is 17.9 Å². The smallest absolute Gasteiger partial charge is 0.354 e. The van der Waals surface area contributed by atoms with Crippen molar-refractivity contribution < 1.29 is 9.53 Å². The number of benzene rings is 1. The molecule has 0 atom stereocenters. The summed E-state index contributed by atoms with van der Waals surface area (Å²) >= 11 is 0. The molecule has 108 valence electrons. The van der Waals surface area contributed by atoms with Crippen molar-refractivity contribution in [2.45, 2.75) is 19.3 Å². The molecule has 0 unspecified atom stereocenters. The highest BCUT2D eigenvalue weighted by Crippen LogP contribution is 2.12. The average Bonchev–Trinajstić information content (AvgIpc) is 3.01. The highest BCUT2D eigenvalue weighted by Gasteiger charge is 2.17. The summed E-state index contributed by atoms with van der Waals surface area (Å²) in [5.74, 6) is 0.483. The Labute approximate surface area is 121 Å². The monoisotopic (exact) mass is 285 g/mol. The number of hydrogen-bond acceptors (Lipinski definition) is 6. The van der Waals surface area contributed by atoms with E-state index in [1.165, 1.54) is 6.33 Å². The number of hydrogen-bond donors (Lipinski definition) is 2. The lowest BCUT2D eigenvalue weighted by Gasteiger charge is -2.12. The van der Waals surface area contributed by atoms with Crippen LogP contribution in [0.5, 0.6) is 0 Å². The van der Waals surface area contributed by atoms with Crippen molar-refractivity contribution in [3.05, 3.63) is 42.0 Å². The average molecular weight is 285 g/mol. The molecule has 3 rings (SSSR count). The molecule has 2 aromatic rings. The van der Waals surface area contributed by atoms with E-state index in [2.05, 4.69) is 25.7 Å². The molecule has 0 bridgehead atoms. The summed E-state index contributed by atoms with van der Waals surface area (Å²) in [6.45, 7) is 0.480. The minimum atomic E-state index is -0.337. The molecule has 1 fully saturated rings. The first kappa shape index (κ1) is 13.3. The van der Waals surface area contributed by atoms with Gasteiger partial charge in [0, 0.05) is 12.8 Å². The van der Waals surface area contributed by atoms with Crippen LogP contribution in [-0.4, -0.2) is 33.5 Å². The van der Waals surface area contributed by atoms with Crippen LogP contribution in [0, 0.1) is 0 Å². The van der Waals surface area contributed by atoms with Gasteiger partial charge in [-0.2, -0.15) is 10.2 Å². The zero-order valence-corrected chi connectivity index (χ0v) is 11.4. The molecule has 2 N–H and O–H groups in total. The molecule has 7 nitrogen and oxygen atoms in total. The van der Waals surface area contributed by atoms with Gasteiger partial charge in [-0.25, -0.2) is 9.78 Å². The molecule has 0 spiro atoms. The minimum Gasteiger partial charge on any atom is -0.461 e. The number of carbonyl (C=O) groups excluding carboxylic acids is 1. The molecule has 0 radical (unpaired) electrons. The SMILES string of the molecule is O=C1OCCCC1=NNc1ccc(Cc2ncn[nH]2)cc1. The van der Waals surface area contributed by atoms with E-state index in [1.807, 2.05) is 24.3 Å². The number of esters is 1. The van der Waals surface area contributed by atoms with E-state index in [0.29, 0.717) is 25.2 Å². The first-order chi connectivity index (χ1) is 10.3. The fraction of sp³-hybridized carbons (Fsp3) is 0.286. The zero-order valence-electron chi connectivity index (χ0n) is 11.4. The maximum Gasteiger partial charge on any atom is 0.354 e. The fourth-order valence-corrected chi connectivity index (χ4v) is 2.03. The number of ether oxygens (including phenoxy) is 1. The first-order valence-electron chi connectivity index (χ1n) is 6.74. The van der Waals surface area contributed by atoms with Crippen LogP contribution in [0.4, 0.5) is 5.69 Å². The molecule has 0 aliphatic carbocycles. The molecular formula is C14H15N5O2. The van der Waals surface area contributed by atoms with Gasteiger partial charge in [-0.1, -0.05) is 12.1 Å². The molecule has 1 aliphatic heterocycles. The Morgan fingerprint density at radius 3 is 2.90 bits per heavy atom. The van der Waals surface area contributed by atoms with E-state index in [-0.39, 0.29) is 5.97 Å². The highest BCUT2D eigenvalue weighted by molar-refractivity contribution is 6.36. The summed E-state index contributed by atoms with van der Waals surface area (Å²) < 4.78 is 4.93. The second kappa shape index (κ2) is 6.17. The molecule has 0 amide bonds. The van der Waals surface area contributed by atoms with E-state index < -0.39 is 0 Å². The van der Waals surface area contributed by atoms with E-state index >= 15 is 0 Å². The molecule has 2 heterocycles. The van der Waals surface area contributed by atoms with Gasteiger partial charge in [0.15, 0.2) is 0 Å². The Bertz CT molecular complexity index is 634. The Balaban J connectivity index is 1.61. The second-order valence-electron chi connectivity index (χ2n) is 4.72. The van der Waals surface area contributed by atoms with Gasteiger partial charge in [0.05, 0.1) is 12.3 Å². The number of aromatic amines is 1. The molecule has 21 heavy (non-hydrogen) atoms. The quantitative estimate of drug-likeness (QED) is 0.656. The van der Waals surface area contributed by atoms with Gasteiger partial charge >= 0.3 is 5.97 Å². The summed E-state index contributed by atoms with van der Waals surface area (Å²) in [4.78, 5) is 15.5. The van der Waals surface area contributed by atoms with Crippen LogP contribution < -0.4 is 5.43 Å². The third kappa shape index (κ3) is 3.44. The number of H-pyrrole nitrogens is 1. The van der Waals surface area contributed by atoms with Crippen LogP contribution in [-0.2, 0) is 16.0 Å². The second-order valence-corrected chi connectivity index (χ2v) is 4.72. The van der Waals surface area contributed by atoms with Gasteiger partial charge in [0.2, 0.25) is 0 Å². The minimum absolute atomic E-state index is 0.337. The molecule has 0 saturated carbocycles. The van der Waals surface area contributed by atoms with Crippen LogP contribution in [0.1, 0.15) is 24.2 Å². The van der Waals surface area contributed by atoms with Crippen molar-refractivity contribution in [3.63, 3.8) is 0 Å². The molecular weight excluding hydrogens is 270 g/mol. The van der Waals surface area contributed by atoms with Crippen molar-refractivity contribution >= 4 is 17.4 Å². The van der Waals surface area contributed by atoms with E-state index in [9.17, 15) is 4.79 Å². The van der Waals surface area contributed by atoms with Crippen molar-refractivity contribution in [2.75, 3.05) is 12.0 Å². The molecule has 1 saturated heterocycles. The maximum atomic E-state index is 11.4. The van der Waals surface area contributed by atoms with Gasteiger partial charge in [0.25, 0.3) is 0 Å². The Kier molecular flexibility index (Phi) is 3.90. The number of anilines is 1. The summed E-state index contributed by atoms with van der Waals surface area (Å²) in [7, 11) is 0. The maximum absolute atomic E-state index is 11.4. The standard InChI is InChI=1S/C14H15N5O2/c20-14-12(2-1-7-21-14)18-17-11-5-3-10(4-6-11)8-13-15-9-16-19-13/h3-6,9,17H,1-2,7-8H2,(H,15,16,19). The van der Waals surface area contributed by atoms with Gasteiger partial charge in [-0.05, 0) is 24.1 Å². The lowest BCUT2D eigenvalue weighted by molar-refractivity contribution is -0.137. The van der Waals surface area contributed by atoms with Crippen LogP contribution >= 0.6 is 0 Å². The van der Waals surface area contributed by atoms with Crippen molar-refractivity contribution in [1.82, 2.24) is 15.2 Å². The Morgan fingerprint density at radius 2 is 2.19 bits per heavy atom. The molecule has 7 heteroatoms. The van der Waals surface area contributed by atoms with E-state index in [0.717, 1.165) is 23.5 Å². The van der Waals surface area contributed by atoms with Gasteiger partial charge in [-0.15, -0.1) is 0 Å². The number of rotatable bonds is 4. The number of nitrogens with zero attached hydrogens (tertiary/aromatic N) is 3. The lowest BCUT2D eigenvalue weighted by Crippen LogP contribution is -2.24. The van der Waals surface area contributed by atoms with Crippen molar-refractivity contribution in [2.24, 2.45) is 5.10 Å². The predicted molar refractivity (Wildman–Crippen MR) is 76.9 cm³/mol. The van der Waals surface area contributed by atoms with Crippen LogP contribution in [0.25, 0.3) is 0 Å².